The SMILES string of the molecule is CC(C)C(c1cc(-c2cnn(CCC(C)(C)C(c3ccccc3Cl)C3CCC3)c2)ccc1Cl)C(C)(C)C. The molecule has 2 aromatic carbocycles. The first-order valence-corrected chi connectivity index (χ1v) is 14.7. The monoisotopic (exact) mass is 538 g/mol. The largest absolute Gasteiger partial charge is 0.272 e. The Labute approximate surface area is 234 Å². The topological polar surface area (TPSA) is 17.8 Å². The van der Waals surface area contributed by atoms with Gasteiger partial charge in [0.1, 0.15) is 0 Å². The average Bonchev–Trinajstić information content (AvgIpc) is 3.25. The van der Waals surface area contributed by atoms with E-state index in [1.807, 2.05) is 18.3 Å². The van der Waals surface area contributed by atoms with E-state index in [2.05, 4.69) is 89.7 Å². The molecule has 0 spiro atoms. The van der Waals surface area contributed by atoms with Gasteiger partial charge in [0.2, 0.25) is 0 Å². The molecule has 2 atom stereocenters. The lowest BCUT2D eigenvalue weighted by molar-refractivity contribution is 0.131. The summed E-state index contributed by atoms with van der Waals surface area (Å²) in [6, 6.07) is 14.9. The van der Waals surface area contributed by atoms with Crippen molar-refractivity contribution in [2.45, 2.75) is 92.5 Å². The minimum absolute atomic E-state index is 0.118. The van der Waals surface area contributed by atoms with Gasteiger partial charge >= 0.3 is 0 Å². The Kier molecular flexibility index (Phi) is 8.51. The Morgan fingerprint density at radius 1 is 0.919 bits per heavy atom. The third-order valence-electron chi connectivity index (χ3n) is 8.59. The van der Waals surface area contributed by atoms with Crippen LogP contribution in [0.25, 0.3) is 11.1 Å². The van der Waals surface area contributed by atoms with Gasteiger partial charge < -0.3 is 0 Å². The number of aromatic nitrogens is 2. The van der Waals surface area contributed by atoms with Gasteiger partial charge in [-0.1, -0.05) is 102 Å². The molecular weight excluding hydrogens is 495 g/mol. The maximum absolute atomic E-state index is 6.74. The highest BCUT2D eigenvalue weighted by molar-refractivity contribution is 6.31. The molecule has 37 heavy (non-hydrogen) atoms. The minimum Gasteiger partial charge on any atom is -0.272 e. The van der Waals surface area contributed by atoms with Gasteiger partial charge in [-0.3, -0.25) is 4.68 Å². The first-order valence-electron chi connectivity index (χ1n) is 13.9. The Morgan fingerprint density at radius 3 is 2.19 bits per heavy atom. The zero-order valence-electron chi connectivity index (χ0n) is 23.7. The lowest BCUT2D eigenvalue weighted by Crippen LogP contribution is -2.33. The van der Waals surface area contributed by atoms with Gasteiger partial charge in [-0.2, -0.15) is 5.10 Å². The van der Waals surface area contributed by atoms with Crippen molar-refractivity contribution in [3.63, 3.8) is 0 Å². The highest BCUT2D eigenvalue weighted by Crippen LogP contribution is 2.52. The van der Waals surface area contributed by atoms with Crippen LogP contribution in [0.4, 0.5) is 0 Å². The second-order valence-electron chi connectivity index (χ2n) is 13.2. The molecule has 0 bridgehead atoms. The molecule has 0 N–H and O–H groups in total. The smallest absolute Gasteiger partial charge is 0.0568 e. The molecule has 1 aromatic heterocycles. The zero-order chi connectivity index (χ0) is 27.0. The van der Waals surface area contributed by atoms with Crippen LogP contribution in [0.2, 0.25) is 10.0 Å². The molecule has 1 aliphatic rings. The molecule has 0 radical (unpaired) electrons. The van der Waals surface area contributed by atoms with Crippen molar-refractivity contribution >= 4 is 23.2 Å². The Balaban J connectivity index is 1.54. The van der Waals surface area contributed by atoms with E-state index < -0.39 is 0 Å². The van der Waals surface area contributed by atoms with Crippen molar-refractivity contribution < 1.29 is 0 Å². The molecule has 4 heteroatoms. The van der Waals surface area contributed by atoms with E-state index in [-0.39, 0.29) is 10.8 Å². The molecule has 1 saturated carbocycles. The lowest BCUT2D eigenvalue weighted by Gasteiger charge is -2.44. The highest BCUT2D eigenvalue weighted by atomic mass is 35.5. The van der Waals surface area contributed by atoms with Gasteiger partial charge in [-0.25, -0.2) is 0 Å². The molecule has 3 aromatic rings. The summed E-state index contributed by atoms with van der Waals surface area (Å²) in [5, 5.41) is 6.52. The van der Waals surface area contributed by atoms with Crippen molar-refractivity contribution in [3.05, 3.63) is 76.0 Å². The van der Waals surface area contributed by atoms with Crippen LogP contribution in [0.3, 0.4) is 0 Å². The summed E-state index contributed by atoms with van der Waals surface area (Å²) < 4.78 is 2.11. The number of hydrogen-bond acceptors (Lipinski definition) is 1. The Hall–Kier alpha value is -1.77. The number of aryl methyl sites for hydroxylation is 1. The Morgan fingerprint density at radius 2 is 1.59 bits per heavy atom. The molecule has 2 unspecified atom stereocenters. The normalized spacial score (nSPS) is 16.6. The summed E-state index contributed by atoms with van der Waals surface area (Å²) >= 11 is 13.4. The van der Waals surface area contributed by atoms with Crippen LogP contribution >= 0.6 is 23.2 Å². The van der Waals surface area contributed by atoms with E-state index in [4.69, 9.17) is 28.3 Å². The van der Waals surface area contributed by atoms with Crippen molar-refractivity contribution in [2.24, 2.45) is 22.7 Å². The van der Waals surface area contributed by atoms with Crippen LogP contribution in [0.15, 0.2) is 54.9 Å². The first-order chi connectivity index (χ1) is 17.4. The molecule has 4 rings (SSSR count). The molecule has 0 amide bonds. The third-order valence-corrected chi connectivity index (χ3v) is 9.27. The van der Waals surface area contributed by atoms with E-state index in [0.29, 0.717) is 23.7 Å². The molecule has 200 valence electrons. The molecule has 2 nitrogen and oxygen atoms in total. The maximum atomic E-state index is 6.74. The summed E-state index contributed by atoms with van der Waals surface area (Å²) in [6.45, 7) is 17.2. The van der Waals surface area contributed by atoms with Crippen LogP contribution in [-0.2, 0) is 6.54 Å². The maximum Gasteiger partial charge on any atom is 0.0568 e. The van der Waals surface area contributed by atoms with Crippen molar-refractivity contribution in [1.29, 1.82) is 0 Å². The van der Waals surface area contributed by atoms with Gasteiger partial charge in [0.25, 0.3) is 0 Å². The van der Waals surface area contributed by atoms with Gasteiger partial charge in [0.05, 0.1) is 6.20 Å². The van der Waals surface area contributed by atoms with Crippen LogP contribution in [0, 0.1) is 22.7 Å². The number of nitrogens with zero attached hydrogens (tertiary/aromatic N) is 2. The van der Waals surface area contributed by atoms with Crippen molar-refractivity contribution in [2.75, 3.05) is 0 Å². The van der Waals surface area contributed by atoms with Crippen LogP contribution in [0.1, 0.15) is 97.1 Å². The Bertz CT molecular complexity index is 1200. The van der Waals surface area contributed by atoms with E-state index in [9.17, 15) is 0 Å². The standard InChI is InChI=1S/C33H44Cl2N2/c1-22(2)30(32(3,4)5)27-19-24(15-16-29(27)35)25-20-36-37(21-25)18-17-33(6,7)31(23-11-10-12-23)26-13-8-9-14-28(26)34/h8-9,13-16,19-23,30-31H,10-12,17-18H2,1-7H3. The van der Waals surface area contributed by atoms with Crippen LogP contribution in [0.5, 0.6) is 0 Å². The van der Waals surface area contributed by atoms with Crippen molar-refractivity contribution in [3.8, 4) is 11.1 Å². The van der Waals surface area contributed by atoms with E-state index in [0.717, 1.165) is 28.6 Å². The number of rotatable bonds is 9. The summed E-state index contributed by atoms with van der Waals surface area (Å²) in [5.41, 5.74) is 5.13. The number of halogens is 2. The van der Waals surface area contributed by atoms with Gasteiger partial charge in [-0.15, -0.1) is 0 Å². The average molecular weight is 540 g/mol. The van der Waals surface area contributed by atoms with Gasteiger partial charge in [0.15, 0.2) is 0 Å². The number of hydrogen-bond donors (Lipinski definition) is 0. The molecular formula is C33H44Cl2N2. The predicted molar refractivity (Wildman–Crippen MR) is 160 cm³/mol. The second kappa shape index (κ2) is 11.1. The van der Waals surface area contributed by atoms with E-state index in [1.165, 1.54) is 36.0 Å². The molecule has 0 aliphatic heterocycles. The first kappa shape index (κ1) is 28.2. The highest BCUT2D eigenvalue weighted by Gasteiger charge is 2.40. The lowest BCUT2D eigenvalue weighted by atomic mass is 9.61. The van der Waals surface area contributed by atoms with Crippen LogP contribution < -0.4 is 0 Å². The van der Waals surface area contributed by atoms with E-state index >= 15 is 0 Å². The van der Waals surface area contributed by atoms with Crippen molar-refractivity contribution in [1.82, 2.24) is 9.78 Å². The summed E-state index contributed by atoms with van der Waals surface area (Å²) in [7, 11) is 0. The predicted octanol–water partition coefficient (Wildman–Crippen LogP) is 10.6. The number of benzene rings is 2. The molecule has 1 heterocycles. The zero-order valence-corrected chi connectivity index (χ0v) is 25.2. The van der Waals surface area contributed by atoms with Gasteiger partial charge in [-0.05, 0) is 88.7 Å². The molecule has 1 fully saturated rings. The summed E-state index contributed by atoms with van der Waals surface area (Å²) in [6.07, 6.45) is 9.18. The summed E-state index contributed by atoms with van der Waals surface area (Å²) in [5.74, 6) is 2.06. The molecule has 0 saturated heterocycles. The molecule has 1 aliphatic carbocycles. The summed E-state index contributed by atoms with van der Waals surface area (Å²) in [4.78, 5) is 0. The quantitative estimate of drug-likeness (QED) is 0.264. The van der Waals surface area contributed by atoms with E-state index in [1.54, 1.807) is 0 Å². The fourth-order valence-electron chi connectivity index (χ4n) is 6.79. The van der Waals surface area contributed by atoms with Crippen LogP contribution in [-0.4, -0.2) is 9.78 Å². The minimum atomic E-state index is 0.118. The van der Waals surface area contributed by atoms with Gasteiger partial charge in [0, 0.05) is 28.4 Å². The fourth-order valence-corrected chi connectivity index (χ4v) is 7.28. The third kappa shape index (κ3) is 6.28. The second-order valence-corrected chi connectivity index (χ2v) is 14.1. The fraction of sp³-hybridized carbons (Fsp3) is 0.545.